The summed E-state index contributed by atoms with van der Waals surface area (Å²) in [5, 5.41) is 0. The number of ether oxygens (including phenoxy) is 1. The summed E-state index contributed by atoms with van der Waals surface area (Å²) in [6, 6.07) is 9.41. The summed E-state index contributed by atoms with van der Waals surface area (Å²) in [5.41, 5.74) is 0. The van der Waals surface area contributed by atoms with Crippen molar-refractivity contribution in [2.24, 2.45) is 0 Å². The van der Waals surface area contributed by atoms with E-state index in [0.717, 1.165) is 18.6 Å². The van der Waals surface area contributed by atoms with E-state index in [1.54, 1.807) is 0 Å². The van der Waals surface area contributed by atoms with Crippen LogP contribution in [0.15, 0.2) is 30.3 Å². The van der Waals surface area contributed by atoms with E-state index in [0.29, 0.717) is 13.0 Å². The van der Waals surface area contributed by atoms with Crippen LogP contribution >= 0.6 is 0 Å². The van der Waals surface area contributed by atoms with E-state index >= 15 is 0 Å². The predicted octanol–water partition coefficient (Wildman–Crippen LogP) is 4.58. The van der Waals surface area contributed by atoms with Crippen LogP contribution in [0.5, 0.6) is 5.75 Å². The number of hydrogen-bond acceptors (Lipinski definition) is 1. The lowest BCUT2D eigenvalue weighted by Crippen LogP contribution is -2.06. The van der Waals surface area contributed by atoms with Gasteiger partial charge in [0.05, 0.1) is 6.61 Å². The first-order chi connectivity index (χ1) is 8.08. The Morgan fingerprint density at radius 1 is 0.882 bits per heavy atom. The van der Waals surface area contributed by atoms with Crippen LogP contribution in [0.25, 0.3) is 0 Å². The van der Waals surface area contributed by atoms with Gasteiger partial charge in [0.15, 0.2) is 0 Å². The Morgan fingerprint density at radius 2 is 1.53 bits per heavy atom. The van der Waals surface area contributed by atoms with E-state index in [4.69, 9.17) is 4.74 Å². The van der Waals surface area contributed by atoms with Gasteiger partial charge in [0.2, 0.25) is 0 Å². The van der Waals surface area contributed by atoms with Crippen LogP contribution < -0.4 is 4.74 Å². The normalized spacial score (nSPS) is 11.5. The fourth-order valence-corrected chi connectivity index (χ4v) is 1.49. The minimum atomic E-state index is -4.01. The van der Waals surface area contributed by atoms with Gasteiger partial charge in [-0.05, 0) is 25.0 Å². The maximum atomic E-state index is 11.8. The average Bonchev–Trinajstić information content (AvgIpc) is 2.28. The quantitative estimate of drug-likeness (QED) is 0.640. The third kappa shape index (κ3) is 7.66. The van der Waals surface area contributed by atoms with E-state index in [9.17, 15) is 13.2 Å². The molecule has 0 aliphatic heterocycles. The Hall–Kier alpha value is -1.19. The molecule has 0 spiro atoms. The van der Waals surface area contributed by atoms with Crippen LogP contribution in [0.2, 0.25) is 0 Å². The van der Waals surface area contributed by atoms with Gasteiger partial charge in [-0.25, -0.2) is 0 Å². The number of rotatable bonds is 7. The zero-order valence-corrected chi connectivity index (χ0v) is 9.67. The fraction of sp³-hybridized carbons (Fsp3) is 0.538. The summed E-state index contributed by atoms with van der Waals surface area (Å²) < 4.78 is 40.9. The van der Waals surface area contributed by atoms with Gasteiger partial charge in [0, 0.05) is 6.42 Å². The zero-order chi connectivity index (χ0) is 12.6. The SMILES string of the molecule is FC(F)(F)CCCCCCOc1ccccc1. The Bertz CT molecular complexity index is 295. The third-order valence-electron chi connectivity index (χ3n) is 2.37. The highest BCUT2D eigenvalue weighted by Crippen LogP contribution is 2.22. The van der Waals surface area contributed by atoms with Crippen molar-refractivity contribution in [1.29, 1.82) is 0 Å². The summed E-state index contributed by atoms with van der Waals surface area (Å²) >= 11 is 0. The van der Waals surface area contributed by atoms with E-state index in [2.05, 4.69) is 0 Å². The van der Waals surface area contributed by atoms with E-state index in [-0.39, 0.29) is 6.42 Å². The topological polar surface area (TPSA) is 9.23 Å². The first-order valence-electron chi connectivity index (χ1n) is 5.82. The lowest BCUT2D eigenvalue weighted by atomic mass is 10.1. The summed E-state index contributed by atoms with van der Waals surface area (Å²) in [6.07, 6.45) is -2.28. The van der Waals surface area contributed by atoms with Crippen LogP contribution in [0.1, 0.15) is 32.1 Å². The second-order valence-electron chi connectivity index (χ2n) is 3.94. The number of hydrogen-bond donors (Lipinski definition) is 0. The van der Waals surface area contributed by atoms with E-state index in [1.165, 1.54) is 0 Å². The molecular weight excluding hydrogens is 229 g/mol. The summed E-state index contributed by atoms with van der Waals surface area (Å²) in [7, 11) is 0. The second-order valence-corrected chi connectivity index (χ2v) is 3.94. The molecule has 0 radical (unpaired) electrons. The van der Waals surface area contributed by atoms with Gasteiger partial charge in [-0.1, -0.05) is 31.0 Å². The number of benzene rings is 1. The van der Waals surface area contributed by atoms with Crippen molar-refractivity contribution in [2.75, 3.05) is 6.61 Å². The summed E-state index contributed by atoms with van der Waals surface area (Å²) in [4.78, 5) is 0. The van der Waals surface area contributed by atoms with Gasteiger partial charge in [-0.2, -0.15) is 13.2 Å². The Kier molecular flexibility index (Phi) is 5.87. The molecule has 0 bridgehead atoms. The Balaban J connectivity index is 1.95. The molecule has 1 aromatic carbocycles. The molecule has 0 amide bonds. The van der Waals surface area contributed by atoms with Crippen molar-refractivity contribution in [2.45, 2.75) is 38.3 Å². The van der Waals surface area contributed by atoms with Crippen molar-refractivity contribution < 1.29 is 17.9 Å². The number of unbranched alkanes of at least 4 members (excludes halogenated alkanes) is 3. The van der Waals surface area contributed by atoms with Crippen LogP contribution in [0.3, 0.4) is 0 Å². The molecular formula is C13H17F3O. The second kappa shape index (κ2) is 7.20. The van der Waals surface area contributed by atoms with Crippen molar-refractivity contribution in [1.82, 2.24) is 0 Å². The lowest BCUT2D eigenvalue weighted by molar-refractivity contribution is -0.135. The monoisotopic (exact) mass is 246 g/mol. The largest absolute Gasteiger partial charge is 0.494 e. The molecule has 0 aliphatic carbocycles. The Morgan fingerprint density at radius 3 is 2.18 bits per heavy atom. The van der Waals surface area contributed by atoms with Gasteiger partial charge in [-0.15, -0.1) is 0 Å². The highest BCUT2D eigenvalue weighted by atomic mass is 19.4. The lowest BCUT2D eigenvalue weighted by Gasteiger charge is -2.07. The zero-order valence-electron chi connectivity index (χ0n) is 9.67. The highest BCUT2D eigenvalue weighted by Gasteiger charge is 2.25. The van der Waals surface area contributed by atoms with Gasteiger partial charge < -0.3 is 4.74 Å². The van der Waals surface area contributed by atoms with Crippen LogP contribution in [-0.2, 0) is 0 Å². The molecule has 0 aliphatic rings. The highest BCUT2D eigenvalue weighted by molar-refractivity contribution is 5.20. The molecule has 4 heteroatoms. The standard InChI is InChI=1S/C13H17F3O/c14-13(15,16)10-6-1-2-7-11-17-12-8-4-3-5-9-12/h3-5,8-9H,1-2,6-7,10-11H2. The van der Waals surface area contributed by atoms with Crippen molar-refractivity contribution in [3.63, 3.8) is 0 Å². The van der Waals surface area contributed by atoms with Gasteiger partial charge in [0.1, 0.15) is 5.75 Å². The number of alkyl halides is 3. The number of halogens is 3. The molecule has 1 aromatic rings. The average molecular weight is 246 g/mol. The predicted molar refractivity (Wildman–Crippen MR) is 61.1 cm³/mol. The van der Waals surface area contributed by atoms with Crippen molar-refractivity contribution in [3.8, 4) is 5.75 Å². The third-order valence-corrected chi connectivity index (χ3v) is 2.37. The molecule has 0 unspecified atom stereocenters. The molecule has 0 fully saturated rings. The van der Waals surface area contributed by atoms with Gasteiger partial charge in [0.25, 0.3) is 0 Å². The van der Waals surface area contributed by atoms with Crippen LogP contribution in [-0.4, -0.2) is 12.8 Å². The minimum absolute atomic E-state index is 0.217. The minimum Gasteiger partial charge on any atom is -0.494 e. The first-order valence-corrected chi connectivity index (χ1v) is 5.82. The summed E-state index contributed by atoms with van der Waals surface area (Å²) in [6.45, 7) is 0.566. The summed E-state index contributed by atoms with van der Waals surface area (Å²) in [5.74, 6) is 0.808. The molecule has 1 nitrogen and oxygen atoms in total. The molecule has 1 rings (SSSR count). The van der Waals surface area contributed by atoms with Crippen molar-refractivity contribution in [3.05, 3.63) is 30.3 Å². The molecule has 0 aromatic heterocycles. The van der Waals surface area contributed by atoms with E-state index in [1.807, 2.05) is 30.3 Å². The van der Waals surface area contributed by atoms with Crippen molar-refractivity contribution >= 4 is 0 Å². The molecule has 0 N–H and O–H groups in total. The van der Waals surface area contributed by atoms with E-state index < -0.39 is 12.6 Å². The molecule has 0 heterocycles. The smallest absolute Gasteiger partial charge is 0.389 e. The molecule has 0 saturated carbocycles. The van der Waals surface area contributed by atoms with Crippen LogP contribution in [0, 0.1) is 0 Å². The molecule has 17 heavy (non-hydrogen) atoms. The number of para-hydroxylation sites is 1. The fourth-order valence-electron chi connectivity index (χ4n) is 1.49. The maximum absolute atomic E-state index is 11.8. The first kappa shape index (κ1) is 13.9. The maximum Gasteiger partial charge on any atom is 0.389 e. The molecule has 0 atom stereocenters. The molecule has 96 valence electrons. The van der Waals surface area contributed by atoms with Gasteiger partial charge in [-0.3, -0.25) is 0 Å². The Labute approximate surface area is 99.6 Å². The molecule has 0 saturated heterocycles. The van der Waals surface area contributed by atoms with Gasteiger partial charge >= 0.3 is 6.18 Å². The van der Waals surface area contributed by atoms with Crippen LogP contribution in [0.4, 0.5) is 13.2 Å².